The minimum absolute atomic E-state index is 0.0826. The summed E-state index contributed by atoms with van der Waals surface area (Å²) in [5.74, 6) is 1.54. The minimum Gasteiger partial charge on any atom is -0.508 e. The van der Waals surface area contributed by atoms with E-state index in [0.717, 1.165) is 37.6 Å². The summed E-state index contributed by atoms with van der Waals surface area (Å²) in [6.07, 6.45) is 2.97. The normalized spacial score (nSPS) is 18.0. The van der Waals surface area contributed by atoms with E-state index in [1.807, 2.05) is 13.1 Å². The molecule has 1 fully saturated rings. The number of aromatic nitrogens is 2. The van der Waals surface area contributed by atoms with Gasteiger partial charge in [0, 0.05) is 37.1 Å². The van der Waals surface area contributed by atoms with E-state index in [9.17, 15) is 9.90 Å². The quantitative estimate of drug-likeness (QED) is 0.784. The molecule has 24 heavy (non-hydrogen) atoms. The van der Waals surface area contributed by atoms with Gasteiger partial charge in [0.2, 0.25) is 0 Å². The molecule has 6 nitrogen and oxygen atoms in total. The molecule has 1 aliphatic heterocycles. The largest absolute Gasteiger partial charge is 0.508 e. The summed E-state index contributed by atoms with van der Waals surface area (Å²) in [4.78, 5) is 22.1. The maximum Gasteiger partial charge on any atom is 0.251 e. The highest BCUT2D eigenvalue weighted by molar-refractivity contribution is 5.94. The van der Waals surface area contributed by atoms with Crippen molar-refractivity contribution in [2.24, 2.45) is 5.92 Å². The zero-order chi connectivity index (χ0) is 17.1. The van der Waals surface area contributed by atoms with Gasteiger partial charge in [-0.3, -0.25) is 9.69 Å². The summed E-state index contributed by atoms with van der Waals surface area (Å²) in [7, 11) is 0. The van der Waals surface area contributed by atoms with Crippen LogP contribution in [0.4, 0.5) is 0 Å². The van der Waals surface area contributed by atoms with Crippen molar-refractivity contribution in [3.63, 3.8) is 0 Å². The fourth-order valence-corrected chi connectivity index (χ4v) is 3.15. The molecule has 6 heteroatoms. The summed E-state index contributed by atoms with van der Waals surface area (Å²) >= 11 is 0. The number of carbonyl (C=O) groups is 1. The number of hydrogen-bond acceptors (Lipinski definition) is 4. The van der Waals surface area contributed by atoms with Crippen molar-refractivity contribution in [1.29, 1.82) is 0 Å². The first-order valence-electron chi connectivity index (χ1n) is 8.32. The van der Waals surface area contributed by atoms with Gasteiger partial charge in [-0.25, -0.2) is 4.98 Å². The van der Waals surface area contributed by atoms with Gasteiger partial charge < -0.3 is 15.4 Å². The Kier molecular flexibility index (Phi) is 4.85. The molecule has 2 heterocycles. The Morgan fingerprint density at radius 2 is 2.29 bits per heavy atom. The number of amides is 1. The molecule has 0 unspecified atom stereocenters. The number of aryl methyl sites for hydroxylation is 2. The van der Waals surface area contributed by atoms with E-state index in [0.29, 0.717) is 23.6 Å². The Balaban J connectivity index is 1.47. The third kappa shape index (κ3) is 3.94. The first-order valence-corrected chi connectivity index (χ1v) is 8.32. The van der Waals surface area contributed by atoms with Gasteiger partial charge in [0.1, 0.15) is 11.6 Å². The lowest BCUT2D eigenvalue weighted by Gasteiger charge is -2.15. The summed E-state index contributed by atoms with van der Waals surface area (Å²) in [5.41, 5.74) is 2.44. The number of aromatic amines is 1. The summed E-state index contributed by atoms with van der Waals surface area (Å²) in [6, 6.07) is 4.93. The van der Waals surface area contributed by atoms with Crippen LogP contribution in [0, 0.1) is 19.8 Å². The van der Waals surface area contributed by atoms with Crippen LogP contribution >= 0.6 is 0 Å². The van der Waals surface area contributed by atoms with Crippen LogP contribution in [-0.2, 0) is 6.54 Å². The van der Waals surface area contributed by atoms with Gasteiger partial charge >= 0.3 is 0 Å². The number of H-pyrrole nitrogens is 1. The van der Waals surface area contributed by atoms with Crippen molar-refractivity contribution >= 4 is 5.91 Å². The number of carbonyl (C=O) groups excluding carboxylic acids is 1. The Bertz CT molecular complexity index is 726. The molecule has 0 aliphatic carbocycles. The predicted octanol–water partition coefficient (Wildman–Crippen LogP) is 1.98. The second-order valence-electron chi connectivity index (χ2n) is 6.59. The van der Waals surface area contributed by atoms with Crippen molar-refractivity contribution in [2.45, 2.75) is 26.8 Å². The Morgan fingerprint density at radius 1 is 1.46 bits per heavy atom. The standard InChI is InChI=1S/C18H24N4O2/c1-12-7-15(3-4-17(12)23)18(24)20-8-14-5-6-22(10-14)11-16-9-19-13(2)21-16/h3-4,7,9,14,23H,5-6,8,10-11H2,1-2H3,(H,19,21)(H,20,24)/t14-/m1/s1. The van der Waals surface area contributed by atoms with Crippen LogP contribution in [0.5, 0.6) is 5.75 Å². The first kappa shape index (κ1) is 16.5. The predicted molar refractivity (Wildman–Crippen MR) is 91.9 cm³/mol. The fraction of sp³-hybridized carbons (Fsp3) is 0.444. The highest BCUT2D eigenvalue weighted by atomic mass is 16.3. The van der Waals surface area contributed by atoms with Gasteiger partial charge in [0.15, 0.2) is 0 Å². The lowest BCUT2D eigenvalue weighted by atomic mass is 10.1. The molecule has 1 saturated heterocycles. The molecule has 0 bridgehead atoms. The summed E-state index contributed by atoms with van der Waals surface area (Å²) in [6.45, 7) is 7.32. The van der Waals surface area contributed by atoms with Crippen LogP contribution < -0.4 is 5.32 Å². The molecule has 2 aromatic rings. The number of rotatable bonds is 5. The van der Waals surface area contributed by atoms with Gasteiger partial charge in [-0.1, -0.05) is 0 Å². The molecule has 0 saturated carbocycles. The lowest BCUT2D eigenvalue weighted by Crippen LogP contribution is -2.31. The van der Waals surface area contributed by atoms with E-state index in [2.05, 4.69) is 20.2 Å². The van der Waals surface area contributed by atoms with Gasteiger partial charge in [-0.2, -0.15) is 0 Å². The van der Waals surface area contributed by atoms with Gasteiger partial charge in [-0.15, -0.1) is 0 Å². The van der Waals surface area contributed by atoms with Crippen molar-refractivity contribution in [3.05, 3.63) is 47.0 Å². The zero-order valence-corrected chi connectivity index (χ0v) is 14.2. The Labute approximate surface area is 141 Å². The molecule has 3 N–H and O–H groups in total. The number of phenols is 1. The summed E-state index contributed by atoms with van der Waals surface area (Å²) in [5, 5.41) is 12.5. The van der Waals surface area contributed by atoms with Gasteiger partial charge in [0.05, 0.1) is 0 Å². The van der Waals surface area contributed by atoms with E-state index in [-0.39, 0.29) is 11.7 Å². The molecule has 1 aromatic heterocycles. The average molecular weight is 328 g/mol. The maximum atomic E-state index is 12.2. The van der Waals surface area contributed by atoms with Crippen LogP contribution in [-0.4, -0.2) is 45.5 Å². The Morgan fingerprint density at radius 3 is 3.00 bits per heavy atom. The second kappa shape index (κ2) is 7.05. The molecular formula is C18H24N4O2. The van der Waals surface area contributed by atoms with Crippen molar-refractivity contribution in [3.8, 4) is 5.75 Å². The molecule has 1 aliphatic rings. The van der Waals surface area contributed by atoms with E-state index in [1.165, 1.54) is 0 Å². The smallest absolute Gasteiger partial charge is 0.251 e. The third-order valence-electron chi connectivity index (χ3n) is 4.53. The number of imidazole rings is 1. The van der Waals surface area contributed by atoms with Crippen LogP contribution in [0.15, 0.2) is 24.4 Å². The molecule has 128 valence electrons. The molecule has 3 rings (SSSR count). The van der Waals surface area contributed by atoms with E-state index >= 15 is 0 Å². The maximum absolute atomic E-state index is 12.2. The minimum atomic E-state index is -0.0826. The van der Waals surface area contributed by atoms with E-state index in [1.54, 1.807) is 25.1 Å². The topological polar surface area (TPSA) is 81.2 Å². The van der Waals surface area contributed by atoms with E-state index < -0.39 is 0 Å². The van der Waals surface area contributed by atoms with Crippen LogP contribution in [0.25, 0.3) is 0 Å². The molecule has 1 amide bonds. The first-order chi connectivity index (χ1) is 11.5. The Hall–Kier alpha value is -2.34. The fourth-order valence-electron chi connectivity index (χ4n) is 3.15. The lowest BCUT2D eigenvalue weighted by molar-refractivity contribution is 0.0947. The van der Waals surface area contributed by atoms with Crippen molar-refractivity contribution in [2.75, 3.05) is 19.6 Å². The molecule has 0 radical (unpaired) electrons. The number of nitrogens with one attached hydrogen (secondary N) is 2. The second-order valence-corrected chi connectivity index (χ2v) is 6.59. The molecule has 1 atom stereocenters. The van der Waals surface area contributed by atoms with Crippen LogP contribution in [0.3, 0.4) is 0 Å². The van der Waals surface area contributed by atoms with Crippen LogP contribution in [0.1, 0.15) is 33.9 Å². The monoisotopic (exact) mass is 328 g/mol. The number of hydrogen-bond donors (Lipinski definition) is 3. The number of phenolic OH excluding ortho intramolecular Hbond substituents is 1. The number of aromatic hydroxyl groups is 1. The SMILES string of the molecule is Cc1ncc(CN2CC[C@H](CNC(=O)c3ccc(O)c(C)c3)C2)[nH]1. The molecular weight excluding hydrogens is 304 g/mol. The molecule has 0 spiro atoms. The number of nitrogens with zero attached hydrogens (tertiary/aromatic N) is 2. The van der Waals surface area contributed by atoms with Crippen LogP contribution in [0.2, 0.25) is 0 Å². The molecule has 1 aromatic carbocycles. The van der Waals surface area contributed by atoms with Crippen molar-refractivity contribution < 1.29 is 9.90 Å². The zero-order valence-electron chi connectivity index (χ0n) is 14.2. The van der Waals surface area contributed by atoms with E-state index in [4.69, 9.17) is 0 Å². The highest BCUT2D eigenvalue weighted by Gasteiger charge is 2.23. The average Bonchev–Trinajstić information content (AvgIpc) is 3.17. The number of benzene rings is 1. The highest BCUT2D eigenvalue weighted by Crippen LogP contribution is 2.19. The number of likely N-dealkylation sites (tertiary alicyclic amines) is 1. The third-order valence-corrected chi connectivity index (χ3v) is 4.53. The van der Waals surface area contributed by atoms with Gasteiger partial charge in [0.25, 0.3) is 5.91 Å². The summed E-state index contributed by atoms with van der Waals surface area (Å²) < 4.78 is 0. The van der Waals surface area contributed by atoms with Crippen molar-refractivity contribution in [1.82, 2.24) is 20.2 Å². The van der Waals surface area contributed by atoms with Gasteiger partial charge in [-0.05, 0) is 56.5 Å².